The predicted molar refractivity (Wildman–Crippen MR) is 173 cm³/mol. The van der Waals surface area contributed by atoms with E-state index in [1.54, 1.807) is 56.3 Å². The van der Waals surface area contributed by atoms with Gasteiger partial charge in [-0.05, 0) is 31.4 Å². The SMILES string of the molecule is COc1ccnc(C(=O)N[C@H]2COC(=O)[C@H](Cc3ccccc3)[C@@H](OC(=O)C(C)C)[C@H](C)OC2=O)c1OC(=O)[C@@](C)(OC)c1ccccc1. The van der Waals surface area contributed by atoms with Crippen LogP contribution in [-0.4, -0.2) is 73.8 Å². The van der Waals surface area contributed by atoms with E-state index in [2.05, 4.69) is 10.3 Å². The molecule has 0 aliphatic carbocycles. The first-order valence-corrected chi connectivity index (χ1v) is 15.7. The van der Waals surface area contributed by atoms with Crippen molar-refractivity contribution in [3.05, 3.63) is 89.7 Å². The molecule has 1 amide bonds. The van der Waals surface area contributed by atoms with Crippen LogP contribution in [0.4, 0.5) is 0 Å². The van der Waals surface area contributed by atoms with Crippen molar-refractivity contribution in [3.63, 3.8) is 0 Å². The van der Waals surface area contributed by atoms with Crippen molar-refractivity contribution < 1.29 is 52.4 Å². The first-order valence-electron chi connectivity index (χ1n) is 15.7. The number of benzene rings is 2. The Labute approximate surface area is 284 Å². The Morgan fingerprint density at radius 3 is 2.24 bits per heavy atom. The lowest BCUT2D eigenvalue weighted by atomic mass is 9.91. The van der Waals surface area contributed by atoms with Gasteiger partial charge in [0.2, 0.25) is 5.75 Å². The molecule has 1 aliphatic rings. The van der Waals surface area contributed by atoms with Crippen LogP contribution < -0.4 is 14.8 Å². The number of amides is 1. The Morgan fingerprint density at radius 1 is 0.980 bits per heavy atom. The average molecular weight is 677 g/mol. The molecule has 13 heteroatoms. The summed E-state index contributed by atoms with van der Waals surface area (Å²) >= 11 is 0. The van der Waals surface area contributed by atoms with Gasteiger partial charge in [-0.25, -0.2) is 14.6 Å². The van der Waals surface area contributed by atoms with Gasteiger partial charge in [-0.15, -0.1) is 0 Å². The molecule has 1 N–H and O–H groups in total. The molecule has 1 aliphatic heterocycles. The second-order valence-corrected chi connectivity index (χ2v) is 11.8. The van der Waals surface area contributed by atoms with Crippen molar-refractivity contribution in [2.24, 2.45) is 11.8 Å². The number of nitrogens with zero attached hydrogens (tertiary/aromatic N) is 1. The van der Waals surface area contributed by atoms with Crippen molar-refractivity contribution in [2.75, 3.05) is 20.8 Å². The minimum atomic E-state index is -1.58. The largest absolute Gasteiger partial charge is 0.493 e. The van der Waals surface area contributed by atoms with E-state index in [-0.39, 0.29) is 17.9 Å². The molecule has 0 bridgehead atoms. The molecule has 49 heavy (non-hydrogen) atoms. The van der Waals surface area contributed by atoms with Crippen LogP contribution in [0, 0.1) is 11.8 Å². The molecule has 2 aromatic carbocycles. The van der Waals surface area contributed by atoms with E-state index in [1.807, 2.05) is 18.2 Å². The molecule has 260 valence electrons. The number of carbonyl (C=O) groups is 5. The molecule has 0 spiro atoms. The van der Waals surface area contributed by atoms with E-state index in [4.69, 9.17) is 28.4 Å². The number of esters is 4. The second kappa shape index (κ2) is 16.2. The summed E-state index contributed by atoms with van der Waals surface area (Å²) in [4.78, 5) is 71.0. The van der Waals surface area contributed by atoms with Gasteiger partial charge in [-0.3, -0.25) is 14.4 Å². The third-order valence-corrected chi connectivity index (χ3v) is 8.09. The molecule has 3 aromatic rings. The van der Waals surface area contributed by atoms with Crippen LogP contribution in [0.2, 0.25) is 0 Å². The molecular formula is C36H40N2O11. The molecule has 1 aromatic heterocycles. The molecule has 0 unspecified atom stereocenters. The summed E-state index contributed by atoms with van der Waals surface area (Å²) in [5, 5.41) is 2.47. The minimum Gasteiger partial charge on any atom is -0.493 e. The minimum absolute atomic E-state index is 0.00401. The van der Waals surface area contributed by atoms with Crippen molar-refractivity contribution in [3.8, 4) is 11.5 Å². The second-order valence-electron chi connectivity index (χ2n) is 11.8. The van der Waals surface area contributed by atoms with Gasteiger partial charge in [-0.2, -0.15) is 0 Å². The highest BCUT2D eigenvalue weighted by atomic mass is 16.6. The van der Waals surface area contributed by atoms with Crippen LogP contribution in [0.1, 0.15) is 49.3 Å². The third kappa shape index (κ3) is 8.60. The molecule has 13 nitrogen and oxygen atoms in total. The summed E-state index contributed by atoms with van der Waals surface area (Å²) in [5.74, 6) is -6.05. The lowest BCUT2D eigenvalue weighted by Crippen LogP contribution is -2.47. The summed E-state index contributed by atoms with van der Waals surface area (Å²) in [7, 11) is 2.65. The van der Waals surface area contributed by atoms with E-state index in [1.165, 1.54) is 40.3 Å². The van der Waals surface area contributed by atoms with Gasteiger partial charge in [0, 0.05) is 19.4 Å². The Hall–Kier alpha value is -5.30. The average Bonchev–Trinajstić information content (AvgIpc) is 3.14. The fraction of sp³-hybridized carbons (Fsp3) is 0.389. The van der Waals surface area contributed by atoms with E-state index in [9.17, 15) is 24.0 Å². The zero-order valence-corrected chi connectivity index (χ0v) is 28.2. The van der Waals surface area contributed by atoms with Crippen LogP contribution in [-0.2, 0) is 50.1 Å². The van der Waals surface area contributed by atoms with Gasteiger partial charge in [0.15, 0.2) is 29.2 Å². The zero-order chi connectivity index (χ0) is 35.7. The lowest BCUT2D eigenvalue weighted by Gasteiger charge is -2.29. The number of methoxy groups -OCH3 is 2. The molecule has 1 fully saturated rings. The smallest absolute Gasteiger partial charge is 0.348 e. The molecule has 4 rings (SSSR count). The highest BCUT2D eigenvalue weighted by Crippen LogP contribution is 2.34. The number of hydrogen-bond donors (Lipinski definition) is 1. The van der Waals surface area contributed by atoms with Crippen molar-refractivity contribution in [2.45, 2.75) is 58.0 Å². The first kappa shape index (κ1) is 36.5. The normalized spacial score (nSPS) is 20.7. The highest BCUT2D eigenvalue weighted by molar-refractivity contribution is 5.99. The fourth-order valence-electron chi connectivity index (χ4n) is 5.09. The number of rotatable bonds is 11. The highest BCUT2D eigenvalue weighted by Gasteiger charge is 2.43. The van der Waals surface area contributed by atoms with Gasteiger partial charge in [0.1, 0.15) is 18.6 Å². The van der Waals surface area contributed by atoms with E-state index in [0.29, 0.717) is 5.56 Å². The summed E-state index contributed by atoms with van der Waals surface area (Å²) in [6.45, 7) is 5.67. The number of hydrogen-bond acceptors (Lipinski definition) is 12. The van der Waals surface area contributed by atoms with E-state index in [0.717, 1.165) is 5.56 Å². The molecule has 1 saturated heterocycles. The fourth-order valence-corrected chi connectivity index (χ4v) is 5.09. The van der Waals surface area contributed by atoms with Crippen molar-refractivity contribution in [1.29, 1.82) is 0 Å². The maximum atomic E-state index is 13.7. The number of ether oxygens (including phenoxy) is 6. The van der Waals surface area contributed by atoms with Gasteiger partial charge in [-0.1, -0.05) is 74.5 Å². The van der Waals surface area contributed by atoms with Gasteiger partial charge in [0.05, 0.1) is 13.0 Å². The van der Waals surface area contributed by atoms with Crippen LogP contribution in [0.5, 0.6) is 11.5 Å². The maximum absolute atomic E-state index is 13.7. The number of carbonyl (C=O) groups excluding carboxylic acids is 5. The number of aromatic nitrogens is 1. The van der Waals surface area contributed by atoms with Crippen molar-refractivity contribution >= 4 is 29.8 Å². The van der Waals surface area contributed by atoms with Gasteiger partial charge in [0.25, 0.3) is 5.91 Å². The van der Waals surface area contributed by atoms with Crippen LogP contribution in [0.3, 0.4) is 0 Å². The first-order chi connectivity index (χ1) is 23.4. The zero-order valence-electron chi connectivity index (χ0n) is 28.2. The Morgan fingerprint density at radius 2 is 1.63 bits per heavy atom. The predicted octanol–water partition coefficient (Wildman–Crippen LogP) is 3.57. The molecular weight excluding hydrogens is 636 g/mol. The quantitative estimate of drug-likeness (QED) is 0.232. The van der Waals surface area contributed by atoms with Crippen LogP contribution in [0.25, 0.3) is 0 Å². The number of pyridine rings is 1. The van der Waals surface area contributed by atoms with Gasteiger partial charge >= 0.3 is 23.9 Å². The van der Waals surface area contributed by atoms with Crippen molar-refractivity contribution in [1.82, 2.24) is 10.3 Å². The van der Waals surface area contributed by atoms with Crippen LogP contribution >= 0.6 is 0 Å². The van der Waals surface area contributed by atoms with Gasteiger partial charge < -0.3 is 33.7 Å². The summed E-state index contributed by atoms with van der Waals surface area (Å²) in [6, 6.07) is 17.5. The third-order valence-electron chi connectivity index (χ3n) is 8.09. The molecule has 5 atom stereocenters. The summed E-state index contributed by atoms with van der Waals surface area (Å²) in [5.41, 5.74) is -0.727. The lowest BCUT2D eigenvalue weighted by molar-refractivity contribution is -0.176. The summed E-state index contributed by atoms with van der Waals surface area (Å²) in [6.07, 6.45) is -0.916. The van der Waals surface area contributed by atoms with E-state index < -0.39 is 77.8 Å². The Bertz CT molecular complexity index is 1650. The number of cyclic esters (lactones) is 2. The monoisotopic (exact) mass is 676 g/mol. The van der Waals surface area contributed by atoms with E-state index >= 15 is 0 Å². The topological polar surface area (TPSA) is 166 Å². The Kier molecular flexibility index (Phi) is 12.1. The van der Waals surface area contributed by atoms with Crippen LogP contribution in [0.15, 0.2) is 72.9 Å². The maximum Gasteiger partial charge on any atom is 0.348 e. The standard InChI is InChI=1S/C36H40N2O11/c1-21(2)32(40)48-29-22(3)47-34(42)26(20-46-33(41)25(29)19-23-13-9-7-10-14-23)38-31(39)28-30(27(44-5)17-18-37-28)49-35(43)36(4,45-6)24-15-11-8-12-16-24/h7-18,21-22,25-26,29H,19-20H2,1-6H3,(H,38,39)/t22-,25+,26-,29-,36-/m0/s1. The molecule has 0 radical (unpaired) electrons. The summed E-state index contributed by atoms with van der Waals surface area (Å²) < 4.78 is 33.5. The molecule has 2 heterocycles. The Balaban J connectivity index is 1.61. The number of nitrogens with one attached hydrogen (secondary N) is 1. The molecule has 0 saturated carbocycles.